The molecule has 0 fully saturated rings. The highest BCUT2D eigenvalue weighted by molar-refractivity contribution is 6.02. The molecule has 0 saturated heterocycles. The average molecular weight is 384 g/mol. The summed E-state index contributed by atoms with van der Waals surface area (Å²) in [5.74, 6) is -0.322. The number of carbonyl (C=O) groups excluding carboxylic acids is 1. The summed E-state index contributed by atoms with van der Waals surface area (Å²) in [6, 6.07) is 9.55. The number of benzene rings is 1. The zero-order valence-corrected chi connectivity index (χ0v) is 14.1. The lowest BCUT2D eigenvalue weighted by molar-refractivity contribution is -0.137. The van der Waals surface area contributed by atoms with Crippen molar-refractivity contribution < 1.29 is 18.0 Å². The first-order chi connectivity index (χ1) is 13.4. The first kappa shape index (κ1) is 17.6. The van der Waals surface area contributed by atoms with Gasteiger partial charge in [0, 0.05) is 11.8 Å². The molecule has 0 unspecified atom stereocenters. The molecule has 0 aliphatic heterocycles. The van der Waals surface area contributed by atoms with Crippen LogP contribution in [-0.2, 0) is 6.18 Å². The van der Waals surface area contributed by atoms with Crippen LogP contribution in [0.5, 0.6) is 0 Å². The van der Waals surface area contributed by atoms with E-state index in [1.165, 1.54) is 59.6 Å². The molecule has 0 aliphatic carbocycles. The molecule has 1 aromatic carbocycles. The highest BCUT2D eigenvalue weighted by atomic mass is 19.4. The Morgan fingerprint density at radius 2 is 1.86 bits per heavy atom. The number of aromatic nitrogens is 5. The van der Waals surface area contributed by atoms with Crippen LogP contribution in [0.2, 0.25) is 0 Å². The third kappa shape index (κ3) is 3.27. The summed E-state index contributed by atoms with van der Waals surface area (Å²) in [7, 11) is 0. The van der Waals surface area contributed by atoms with Crippen molar-refractivity contribution in [2.24, 2.45) is 0 Å². The van der Waals surface area contributed by atoms with Crippen LogP contribution in [0.4, 0.5) is 19.0 Å². The Kier molecular flexibility index (Phi) is 4.22. The van der Waals surface area contributed by atoms with Gasteiger partial charge in [-0.25, -0.2) is 15.0 Å². The van der Waals surface area contributed by atoms with E-state index in [0.29, 0.717) is 5.65 Å². The van der Waals surface area contributed by atoms with Crippen molar-refractivity contribution in [2.75, 3.05) is 5.32 Å². The van der Waals surface area contributed by atoms with E-state index in [9.17, 15) is 18.0 Å². The van der Waals surface area contributed by atoms with Gasteiger partial charge in [0.25, 0.3) is 5.91 Å². The first-order valence-electron chi connectivity index (χ1n) is 8.02. The van der Waals surface area contributed by atoms with E-state index in [1.54, 1.807) is 0 Å². The summed E-state index contributed by atoms with van der Waals surface area (Å²) >= 11 is 0. The van der Waals surface area contributed by atoms with Gasteiger partial charge in [0.05, 0.1) is 17.5 Å². The van der Waals surface area contributed by atoms with Gasteiger partial charge in [-0.1, -0.05) is 18.2 Å². The summed E-state index contributed by atoms with van der Waals surface area (Å²) in [5.41, 5.74) is -0.280. The van der Waals surface area contributed by atoms with Gasteiger partial charge in [-0.15, -0.1) is 0 Å². The first-order valence-corrected chi connectivity index (χ1v) is 8.02. The molecule has 3 heterocycles. The minimum absolute atomic E-state index is 0.0707. The van der Waals surface area contributed by atoms with Gasteiger partial charge >= 0.3 is 6.18 Å². The van der Waals surface area contributed by atoms with Crippen molar-refractivity contribution in [3.8, 4) is 11.3 Å². The lowest BCUT2D eigenvalue weighted by Gasteiger charge is -2.12. The predicted molar refractivity (Wildman–Crippen MR) is 93.4 cm³/mol. The number of carbonyl (C=O) groups is 1. The maximum absolute atomic E-state index is 13.3. The fraction of sp³-hybridized carbons (Fsp3) is 0.0556. The molecule has 1 N–H and O–H groups in total. The third-order valence-electron chi connectivity index (χ3n) is 3.93. The van der Waals surface area contributed by atoms with E-state index < -0.39 is 17.6 Å². The van der Waals surface area contributed by atoms with Crippen LogP contribution in [0, 0.1) is 0 Å². The summed E-state index contributed by atoms with van der Waals surface area (Å²) in [6.45, 7) is 0. The van der Waals surface area contributed by atoms with Crippen molar-refractivity contribution in [1.29, 1.82) is 0 Å². The molecule has 1 amide bonds. The molecule has 0 bridgehead atoms. The molecular weight excluding hydrogens is 373 g/mol. The van der Waals surface area contributed by atoms with Crippen LogP contribution in [0.15, 0.2) is 61.2 Å². The van der Waals surface area contributed by atoms with Crippen LogP contribution in [0.3, 0.4) is 0 Å². The van der Waals surface area contributed by atoms with Crippen LogP contribution in [0.1, 0.15) is 16.1 Å². The van der Waals surface area contributed by atoms with E-state index in [2.05, 4.69) is 25.4 Å². The van der Waals surface area contributed by atoms with Crippen molar-refractivity contribution >= 4 is 17.4 Å². The molecule has 3 aromatic heterocycles. The molecule has 10 heteroatoms. The van der Waals surface area contributed by atoms with Gasteiger partial charge in [0.1, 0.15) is 12.0 Å². The summed E-state index contributed by atoms with van der Waals surface area (Å²) in [5, 5.41) is 6.82. The van der Waals surface area contributed by atoms with Gasteiger partial charge in [0.2, 0.25) is 0 Å². The SMILES string of the molecule is O=C(Nc1cnc2ccc(-c3ccccc3C(F)(F)F)nn12)c1ccncn1. The second kappa shape index (κ2) is 6.72. The summed E-state index contributed by atoms with van der Waals surface area (Å²) in [6.07, 6.45) is -0.512. The molecule has 7 nitrogen and oxygen atoms in total. The number of alkyl halides is 3. The molecule has 4 rings (SSSR count). The van der Waals surface area contributed by atoms with Crippen LogP contribution in [0.25, 0.3) is 16.9 Å². The third-order valence-corrected chi connectivity index (χ3v) is 3.93. The molecule has 4 aromatic rings. The van der Waals surface area contributed by atoms with Crippen molar-refractivity contribution in [3.05, 3.63) is 72.4 Å². The van der Waals surface area contributed by atoms with E-state index in [0.717, 1.165) is 6.07 Å². The van der Waals surface area contributed by atoms with Gasteiger partial charge in [-0.3, -0.25) is 4.79 Å². The Morgan fingerprint density at radius 3 is 2.61 bits per heavy atom. The number of halogens is 3. The summed E-state index contributed by atoms with van der Waals surface area (Å²) in [4.78, 5) is 24.0. The number of hydrogen-bond acceptors (Lipinski definition) is 5. The highest BCUT2D eigenvalue weighted by Crippen LogP contribution is 2.36. The molecule has 0 saturated carbocycles. The maximum atomic E-state index is 13.3. The fourth-order valence-corrected chi connectivity index (χ4v) is 2.66. The summed E-state index contributed by atoms with van der Waals surface area (Å²) < 4.78 is 41.2. The number of fused-ring (bicyclic) bond motifs is 1. The highest BCUT2D eigenvalue weighted by Gasteiger charge is 2.33. The Balaban J connectivity index is 1.75. The lowest BCUT2D eigenvalue weighted by atomic mass is 10.0. The number of hydrogen-bond donors (Lipinski definition) is 1. The Morgan fingerprint density at radius 1 is 1.04 bits per heavy atom. The topological polar surface area (TPSA) is 85.1 Å². The van der Waals surface area contributed by atoms with Gasteiger partial charge in [0.15, 0.2) is 11.5 Å². The minimum atomic E-state index is -4.52. The van der Waals surface area contributed by atoms with Gasteiger partial charge < -0.3 is 5.32 Å². The number of amides is 1. The van der Waals surface area contributed by atoms with E-state index >= 15 is 0 Å². The zero-order valence-electron chi connectivity index (χ0n) is 14.1. The number of nitrogens with one attached hydrogen (secondary N) is 1. The molecular formula is C18H11F3N6O. The predicted octanol–water partition coefficient (Wildman–Crippen LogP) is 3.46. The Hall–Kier alpha value is -3.82. The quantitative estimate of drug-likeness (QED) is 0.585. The zero-order chi connectivity index (χ0) is 19.7. The smallest absolute Gasteiger partial charge is 0.304 e. The maximum Gasteiger partial charge on any atom is 0.417 e. The molecule has 0 radical (unpaired) electrons. The molecule has 140 valence electrons. The van der Waals surface area contributed by atoms with Gasteiger partial charge in [-0.05, 0) is 24.3 Å². The van der Waals surface area contributed by atoms with Crippen molar-refractivity contribution in [1.82, 2.24) is 24.6 Å². The number of nitrogens with zero attached hydrogens (tertiary/aromatic N) is 5. The monoisotopic (exact) mass is 384 g/mol. The average Bonchev–Trinajstić information content (AvgIpc) is 3.10. The molecule has 0 spiro atoms. The van der Waals surface area contributed by atoms with Crippen molar-refractivity contribution in [3.63, 3.8) is 0 Å². The van der Waals surface area contributed by atoms with Crippen LogP contribution >= 0.6 is 0 Å². The molecule has 28 heavy (non-hydrogen) atoms. The lowest BCUT2D eigenvalue weighted by Crippen LogP contribution is -2.15. The normalized spacial score (nSPS) is 11.5. The fourth-order valence-electron chi connectivity index (χ4n) is 2.66. The van der Waals surface area contributed by atoms with E-state index in [-0.39, 0.29) is 22.8 Å². The number of imidazole rings is 1. The van der Waals surface area contributed by atoms with Crippen molar-refractivity contribution in [2.45, 2.75) is 6.18 Å². The number of anilines is 1. The van der Waals surface area contributed by atoms with Gasteiger partial charge in [-0.2, -0.15) is 22.8 Å². The van der Waals surface area contributed by atoms with E-state index in [1.807, 2.05) is 0 Å². The largest absolute Gasteiger partial charge is 0.417 e. The molecule has 0 aliphatic rings. The second-order valence-electron chi connectivity index (χ2n) is 5.72. The minimum Gasteiger partial charge on any atom is -0.304 e. The Labute approximate surface area is 155 Å². The molecule has 0 atom stereocenters. The number of rotatable bonds is 3. The Bertz CT molecular complexity index is 1160. The van der Waals surface area contributed by atoms with Crippen LogP contribution in [-0.4, -0.2) is 30.5 Å². The second-order valence-corrected chi connectivity index (χ2v) is 5.72. The van der Waals surface area contributed by atoms with E-state index in [4.69, 9.17) is 0 Å². The standard InChI is InChI=1S/C18H11F3N6O/c19-18(20,21)12-4-2-1-3-11(12)13-5-6-15-23-9-16(27(15)26-13)25-17(28)14-7-8-22-10-24-14/h1-10H,(H,25,28). The van der Waals surface area contributed by atoms with Crippen LogP contribution < -0.4 is 5.32 Å².